The molecule has 0 spiro atoms. The first kappa shape index (κ1) is 20.8. The molecule has 0 aliphatic carbocycles. The van der Waals surface area contributed by atoms with Crippen LogP contribution in [0.15, 0.2) is 47.0 Å². The fourth-order valence-electron chi connectivity index (χ4n) is 3.26. The Kier molecular flexibility index (Phi) is 6.72. The number of carboxylic acids is 1. The third kappa shape index (κ3) is 5.11. The second-order valence-corrected chi connectivity index (χ2v) is 7.95. The standard InChI is InChI=1S/C20H22F3NO3S/c21-16-5-3-15(4-6-16)20(22,23)8-11-28-18-17(19(25)26)2-1-9-24(18)12-14-7-10-27-13-14/h1-6,14H,7-13H2,(H,25,26). The second-order valence-electron chi connectivity index (χ2n) is 6.87. The molecule has 1 aromatic carbocycles. The minimum atomic E-state index is -3.11. The lowest BCUT2D eigenvalue weighted by molar-refractivity contribution is -0.132. The van der Waals surface area contributed by atoms with Crippen LogP contribution in [0.1, 0.15) is 18.4 Å². The van der Waals surface area contributed by atoms with Crippen LogP contribution in [0.2, 0.25) is 0 Å². The van der Waals surface area contributed by atoms with E-state index in [1.54, 1.807) is 6.08 Å². The predicted molar refractivity (Wildman–Crippen MR) is 102 cm³/mol. The number of carbonyl (C=O) groups is 1. The van der Waals surface area contributed by atoms with Crippen LogP contribution in [0.25, 0.3) is 0 Å². The topological polar surface area (TPSA) is 49.8 Å². The van der Waals surface area contributed by atoms with Gasteiger partial charge in [0.25, 0.3) is 5.92 Å². The zero-order valence-electron chi connectivity index (χ0n) is 15.2. The second kappa shape index (κ2) is 9.05. The number of benzene rings is 1. The number of ether oxygens (including phenoxy) is 1. The van der Waals surface area contributed by atoms with Crippen molar-refractivity contribution >= 4 is 17.7 Å². The summed E-state index contributed by atoms with van der Waals surface area (Å²) >= 11 is 1.13. The van der Waals surface area contributed by atoms with Gasteiger partial charge in [-0.15, -0.1) is 11.8 Å². The van der Waals surface area contributed by atoms with Crippen LogP contribution in [0, 0.1) is 11.7 Å². The van der Waals surface area contributed by atoms with E-state index < -0.39 is 24.1 Å². The van der Waals surface area contributed by atoms with Crippen LogP contribution in [-0.4, -0.2) is 48.0 Å². The molecule has 1 saturated heterocycles. The highest BCUT2D eigenvalue weighted by molar-refractivity contribution is 8.03. The number of hydrogen-bond acceptors (Lipinski definition) is 4. The largest absolute Gasteiger partial charge is 0.478 e. The molecule has 1 aromatic rings. The first-order valence-corrected chi connectivity index (χ1v) is 10.1. The van der Waals surface area contributed by atoms with Crippen molar-refractivity contribution in [2.24, 2.45) is 5.92 Å². The highest BCUT2D eigenvalue weighted by atomic mass is 32.2. The molecule has 0 amide bonds. The molecule has 2 heterocycles. The van der Waals surface area contributed by atoms with E-state index in [4.69, 9.17) is 4.74 Å². The van der Waals surface area contributed by atoms with Crippen molar-refractivity contribution in [3.05, 3.63) is 58.4 Å². The van der Waals surface area contributed by atoms with E-state index in [1.165, 1.54) is 6.08 Å². The third-order valence-corrected chi connectivity index (χ3v) is 5.94. The highest BCUT2D eigenvalue weighted by Crippen LogP contribution is 2.36. The Labute approximate surface area is 166 Å². The number of halogens is 3. The van der Waals surface area contributed by atoms with Gasteiger partial charge < -0.3 is 14.7 Å². The van der Waals surface area contributed by atoms with Crippen LogP contribution in [0.5, 0.6) is 0 Å². The monoisotopic (exact) mass is 413 g/mol. The average Bonchev–Trinajstić information content (AvgIpc) is 3.16. The summed E-state index contributed by atoms with van der Waals surface area (Å²) in [6, 6.07) is 4.19. The molecular formula is C20H22F3NO3S. The van der Waals surface area contributed by atoms with Gasteiger partial charge in [0, 0.05) is 43.4 Å². The molecule has 2 aliphatic heterocycles. The molecule has 152 valence electrons. The van der Waals surface area contributed by atoms with Crippen LogP contribution in [-0.2, 0) is 15.5 Å². The van der Waals surface area contributed by atoms with Crippen LogP contribution < -0.4 is 0 Å². The predicted octanol–water partition coefficient (Wildman–Crippen LogP) is 4.25. The summed E-state index contributed by atoms with van der Waals surface area (Å²) in [7, 11) is 0. The first-order valence-electron chi connectivity index (χ1n) is 9.10. The van der Waals surface area contributed by atoms with Crippen LogP contribution >= 0.6 is 11.8 Å². The third-order valence-electron chi connectivity index (χ3n) is 4.78. The number of alkyl halides is 2. The smallest absolute Gasteiger partial charge is 0.338 e. The zero-order chi connectivity index (χ0) is 20.1. The summed E-state index contributed by atoms with van der Waals surface area (Å²) in [4.78, 5) is 13.5. The minimum Gasteiger partial charge on any atom is -0.478 e. The molecule has 0 radical (unpaired) electrons. The lowest BCUT2D eigenvalue weighted by atomic mass is 10.1. The maximum Gasteiger partial charge on any atom is 0.338 e. The lowest BCUT2D eigenvalue weighted by Gasteiger charge is -2.31. The normalized spacial score (nSPS) is 20.1. The van der Waals surface area contributed by atoms with E-state index in [9.17, 15) is 23.1 Å². The first-order chi connectivity index (χ1) is 13.4. The van der Waals surface area contributed by atoms with Gasteiger partial charge in [0.1, 0.15) is 5.82 Å². The molecule has 2 aliphatic rings. The van der Waals surface area contributed by atoms with Gasteiger partial charge in [0.15, 0.2) is 0 Å². The Bertz CT molecular complexity index is 758. The van der Waals surface area contributed by atoms with E-state index in [-0.39, 0.29) is 16.9 Å². The number of aliphatic carboxylic acids is 1. The van der Waals surface area contributed by atoms with E-state index in [1.807, 2.05) is 4.90 Å². The zero-order valence-corrected chi connectivity index (χ0v) is 16.1. The summed E-state index contributed by atoms with van der Waals surface area (Å²) < 4.78 is 47.2. The maximum atomic E-state index is 14.4. The van der Waals surface area contributed by atoms with E-state index in [0.29, 0.717) is 37.3 Å². The Balaban J connectivity index is 1.68. The van der Waals surface area contributed by atoms with Crippen molar-refractivity contribution in [2.75, 3.05) is 32.1 Å². The average molecular weight is 413 g/mol. The molecule has 0 bridgehead atoms. The summed E-state index contributed by atoms with van der Waals surface area (Å²) in [6.45, 7) is 2.50. The molecule has 28 heavy (non-hydrogen) atoms. The Hall–Kier alpha value is -1.93. The number of hydrogen-bond donors (Lipinski definition) is 1. The molecule has 1 unspecified atom stereocenters. The van der Waals surface area contributed by atoms with Crippen molar-refractivity contribution in [2.45, 2.75) is 18.8 Å². The van der Waals surface area contributed by atoms with Gasteiger partial charge in [-0.05, 0) is 24.6 Å². The van der Waals surface area contributed by atoms with Crippen molar-refractivity contribution < 1.29 is 27.8 Å². The molecular weight excluding hydrogens is 391 g/mol. The summed E-state index contributed by atoms with van der Waals surface area (Å²) in [5, 5.41) is 10.0. The quantitative estimate of drug-likeness (QED) is 0.691. The Morgan fingerprint density at radius 2 is 2.07 bits per heavy atom. The SMILES string of the molecule is O=C(O)C1=C(SCCC(F)(F)c2ccc(F)cc2)N(CC2CCOC2)CC=C1. The Morgan fingerprint density at radius 1 is 1.32 bits per heavy atom. The fraction of sp³-hybridized carbons (Fsp3) is 0.450. The summed E-state index contributed by atoms with van der Waals surface area (Å²) in [6.07, 6.45) is 3.74. The molecule has 3 rings (SSSR count). The van der Waals surface area contributed by atoms with Gasteiger partial charge in [-0.25, -0.2) is 18.0 Å². The number of nitrogens with zero attached hydrogens (tertiary/aromatic N) is 1. The van der Waals surface area contributed by atoms with E-state index in [0.717, 1.165) is 42.4 Å². The lowest BCUT2D eigenvalue weighted by Crippen LogP contribution is -2.32. The van der Waals surface area contributed by atoms with Crippen LogP contribution in [0.3, 0.4) is 0 Å². The van der Waals surface area contributed by atoms with Crippen molar-refractivity contribution in [3.63, 3.8) is 0 Å². The number of thioether (sulfide) groups is 1. The van der Waals surface area contributed by atoms with Gasteiger partial charge in [-0.2, -0.15) is 0 Å². The number of carboxylic acid groups (broad SMARTS) is 1. The molecule has 1 N–H and O–H groups in total. The highest BCUT2D eigenvalue weighted by Gasteiger charge is 2.32. The molecule has 1 atom stereocenters. The molecule has 1 fully saturated rings. The molecule has 0 aromatic heterocycles. The van der Waals surface area contributed by atoms with Crippen LogP contribution in [0.4, 0.5) is 13.2 Å². The summed E-state index contributed by atoms with van der Waals surface area (Å²) in [5.74, 6) is -4.40. The van der Waals surface area contributed by atoms with Crippen molar-refractivity contribution in [1.82, 2.24) is 4.90 Å². The minimum absolute atomic E-state index is 0.0436. The molecule has 4 nitrogen and oxygen atoms in total. The van der Waals surface area contributed by atoms with Crippen molar-refractivity contribution in [1.29, 1.82) is 0 Å². The fourth-order valence-corrected chi connectivity index (χ4v) is 4.46. The number of rotatable bonds is 8. The maximum absolute atomic E-state index is 14.4. The van der Waals surface area contributed by atoms with E-state index >= 15 is 0 Å². The van der Waals surface area contributed by atoms with Gasteiger partial charge in [0.2, 0.25) is 0 Å². The van der Waals surface area contributed by atoms with Gasteiger partial charge in [0.05, 0.1) is 17.2 Å². The van der Waals surface area contributed by atoms with Gasteiger partial charge >= 0.3 is 5.97 Å². The van der Waals surface area contributed by atoms with Crippen molar-refractivity contribution in [3.8, 4) is 0 Å². The van der Waals surface area contributed by atoms with Gasteiger partial charge in [-0.3, -0.25) is 0 Å². The summed E-state index contributed by atoms with van der Waals surface area (Å²) in [5.41, 5.74) is -0.120. The molecule has 8 heteroatoms. The Morgan fingerprint density at radius 3 is 2.71 bits per heavy atom. The van der Waals surface area contributed by atoms with Gasteiger partial charge in [-0.1, -0.05) is 18.2 Å². The molecule has 0 saturated carbocycles. The van der Waals surface area contributed by atoms with E-state index in [2.05, 4.69) is 0 Å².